The Hall–Kier alpha value is -3.07. The van der Waals surface area contributed by atoms with E-state index in [0.29, 0.717) is 11.4 Å². The molecule has 0 spiro atoms. The van der Waals surface area contributed by atoms with Crippen LogP contribution in [0, 0.1) is 6.92 Å². The number of ether oxygens (including phenoxy) is 1. The first-order chi connectivity index (χ1) is 16.6. The molecule has 190 valence electrons. The average Bonchev–Trinajstić information content (AvgIpc) is 3.34. The first kappa shape index (κ1) is 26.5. The SMILES string of the molecule is COc1ccc(CN(C(=O)CN(c2ccc(C)cc2)S(C)(=O)=O)[C@H](C)C(=O)NC2CCCC2)cc1. The molecule has 2 amide bonds. The van der Waals surface area contributed by atoms with Crippen LogP contribution in [0.5, 0.6) is 5.75 Å². The smallest absolute Gasteiger partial charge is 0.244 e. The molecule has 0 aromatic heterocycles. The van der Waals surface area contributed by atoms with Crippen LogP contribution in [0.1, 0.15) is 43.7 Å². The van der Waals surface area contributed by atoms with Crippen molar-refractivity contribution in [2.75, 3.05) is 24.2 Å². The number of methoxy groups -OCH3 is 1. The van der Waals surface area contributed by atoms with Crippen molar-refractivity contribution < 1.29 is 22.7 Å². The molecule has 0 heterocycles. The zero-order chi connectivity index (χ0) is 25.6. The first-order valence-electron chi connectivity index (χ1n) is 11.9. The molecule has 1 saturated carbocycles. The molecule has 0 bridgehead atoms. The van der Waals surface area contributed by atoms with Crippen LogP contribution in [-0.4, -0.2) is 57.1 Å². The maximum atomic E-state index is 13.6. The third-order valence-electron chi connectivity index (χ3n) is 6.38. The van der Waals surface area contributed by atoms with Crippen LogP contribution in [0.15, 0.2) is 48.5 Å². The maximum absolute atomic E-state index is 13.6. The molecule has 1 aliphatic rings. The monoisotopic (exact) mass is 501 g/mol. The van der Waals surface area contributed by atoms with Gasteiger partial charge in [0.05, 0.1) is 19.1 Å². The van der Waals surface area contributed by atoms with Crippen molar-refractivity contribution in [2.24, 2.45) is 0 Å². The minimum absolute atomic E-state index is 0.114. The summed E-state index contributed by atoms with van der Waals surface area (Å²) < 4.78 is 31.5. The van der Waals surface area contributed by atoms with Gasteiger partial charge in [-0.05, 0) is 56.5 Å². The number of anilines is 1. The number of carbonyl (C=O) groups is 2. The second kappa shape index (κ2) is 11.6. The van der Waals surface area contributed by atoms with Crippen LogP contribution in [0.4, 0.5) is 5.69 Å². The molecule has 1 aliphatic carbocycles. The average molecular weight is 502 g/mol. The molecular formula is C26H35N3O5S. The van der Waals surface area contributed by atoms with Crippen LogP contribution >= 0.6 is 0 Å². The summed E-state index contributed by atoms with van der Waals surface area (Å²) in [6.45, 7) is 3.34. The van der Waals surface area contributed by atoms with Crippen molar-refractivity contribution in [3.63, 3.8) is 0 Å². The number of carbonyl (C=O) groups excluding carboxylic acids is 2. The van der Waals surface area contributed by atoms with Gasteiger partial charge < -0.3 is 15.0 Å². The van der Waals surface area contributed by atoms with Crippen LogP contribution in [0.25, 0.3) is 0 Å². The predicted octanol–water partition coefficient (Wildman–Crippen LogP) is 3.25. The normalized spacial score (nSPS) is 14.9. The Morgan fingerprint density at radius 3 is 2.20 bits per heavy atom. The van der Waals surface area contributed by atoms with Gasteiger partial charge in [-0.3, -0.25) is 13.9 Å². The molecular weight excluding hydrogens is 466 g/mol. The number of amides is 2. The van der Waals surface area contributed by atoms with Gasteiger partial charge in [0.25, 0.3) is 0 Å². The van der Waals surface area contributed by atoms with Gasteiger partial charge >= 0.3 is 0 Å². The van der Waals surface area contributed by atoms with E-state index in [9.17, 15) is 18.0 Å². The molecule has 0 radical (unpaired) electrons. The minimum Gasteiger partial charge on any atom is -0.497 e. The molecule has 0 aliphatic heterocycles. The zero-order valence-corrected chi connectivity index (χ0v) is 21.7. The van der Waals surface area contributed by atoms with Crippen LogP contribution in [0.2, 0.25) is 0 Å². The number of hydrogen-bond donors (Lipinski definition) is 1. The summed E-state index contributed by atoms with van der Waals surface area (Å²) in [6, 6.07) is 13.5. The number of hydrogen-bond acceptors (Lipinski definition) is 5. The Kier molecular flexibility index (Phi) is 8.77. The molecule has 0 unspecified atom stereocenters. The second-order valence-electron chi connectivity index (χ2n) is 9.14. The van der Waals surface area contributed by atoms with E-state index in [1.54, 1.807) is 50.4 Å². The highest BCUT2D eigenvalue weighted by Crippen LogP contribution is 2.21. The summed E-state index contributed by atoms with van der Waals surface area (Å²) in [7, 11) is -2.16. The van der Waals surface area contributed by atoms with Gasteiger partial charge in [-0.2, -0.15) is 0 Å². The third-order valence-corrected chi connectivity index (χ3v) is 7.52. The summed E-state index contributed by atoms with van der Waals surface area (Å²) in [5.74, 6) is -0.0119. The topological polar surface area (TPSA) is 96.0 Å². The maximum Gasteiger partial charge on any atom is 0.244 e. The summed E-state index contributed by atoms with van der Waals surface area (Å²) in [5.41, 5.74) is 2.19. The van der Waals surface area contributed by atoms with E-state index in [1.165, 1.54) is 4.90 Å². The molecule has 8 nitrogen and oxygen atoms in total. The molecule has 35 heavy (non-hydrogen) atoms. The highest BCUT2D eigenvalue weighted by atomic mass is 32.2. The van der Waals surface area contributed by atoms with E-state index in [1.807, 2.05) is 19.1 Å². The van der Waals surface area contributed by atoms with Gasteiger partial charge in [-0.1, -0.05) is 42.7 Å². The summed E-state index contributed by atoms with van der Waals surface area (Å²) in [6.07, 6.45) is 5.09. The lowest BCUT2D eigenvalue weighted by atomic mass is 10.1. The molecule has 0 saturated heterocycles. The molecule has 2 aromatic rings. The highest BCUT2D eigenvalue weighted by Gasteiger charge is 2.31. The summed E-state index contributed by atoms with van der Waals surface area (Å²) in [5, 5.41) is 3.05. The lowest BCUT2D eigenvalue weighted by Crippen LogP contribution is -2.52. The van der Waals surface area contributed by atoms with Gasteiger partial charge in [-0.15, -0.1) is 0 Å². The fourth-order valence-electron chi connectivity index (χ4n) is 4.23. The lowest BCUT2D eigenvalue weighted by molar-refractivity contribution is -0.139. The largest absolute Gasteiger partial charge is 0.497 e. The number of sulfonamides is 1. The summed E-state index contributed by atoms with van der Waals surface area (Å²) in [4.78, 5) is 28.1. The Morgan fingerprint density at radius 2 is 1.66 bits per heavy atom. The van der Waals surface area contributed by atoms with E-state index >= 15 is 0 Å². The van der Waals surface area contributed by atoms with Gasteiger partial charge in [0.2, 0.25) is 21.8 Å². The Bertz CT molecular complexity index is 1110. The Labute approximate surface area is 208 Å². The van der Waals surface area contributed by atoms with E-state index in [2.05, 4.69) is 5.32 Å². The van der Waals surface area contributed by atoms with Gasteiger partial charge in [0.1, 0.15) is 18.3 Å². The fraction of sp³-hybridized carbons (Fsp3) is 0.462. The molecule has 3 rings (SSSR count). The number of benzene rings is 2. The Balaban J connectivity index is 1.86. The van der Waals surface area contributed by atoms with Crippen LogP contribution < -0.4 is 14.4 Å². The van der Waals surface area contributed by atoms with Gasteiger partial charge in [0.15, 0.2) is 0 Å². The van der Waals surface area contributed by atoms with Crippen molar-refractivity contribution >= 4 is 27.5 Å². The van der Waals surface area contributed by atoms with Crippen molar-refractivity contribution in [1.29, 1.82) is 0 Å². The zero-order valence-electron chi connectivity index (χ0n) is 20.9. The third kappa shape index (κ3) is 7.21. The van der Waals surface area contributed by atoms with E-state index in [4.69, 9.17) is 4.74 Å². The van der Waals surface area contributed by atoms with E-state index in [0.717, 1.165) is 47.4 Å². The van der Waals surface area contributed by atoms with Crippen molar-refractivity contribution in [1.82, 2.24) is 10.2 Å². The summed E-state index contributed by atoms with van der Waals surface area (Å²) >= 11 is 0. The number of nitrogens with one attached hydrogen (secondary N) is 1. The first-order valence-corrected chi connectivity index (χ1v) is 13.7. The fourth-order valence-corrected chi connectivity index (χ4v) is 5.08. The minimum atomic E-state index is -3.74. The molecule has 2 aromatic carbocycles. The predicted molar refractivity (Wildman–Crippen MR) is 137 cm³/mol. The second-order valence-corrected chi connectivity index (χ2v) is 11.0. The number of nitrogens with zero attached hydrogens (tertiary/aromatic N) is 2. The molecule has 1 fully saturated rings. The van der Waals surface area contributed by atoms with Crippen LogP contribution in [0.3, 0.4) is 0 Å². The van der Waals surface area contributed by atoms with Crippen molar-refractivity contribution in [3.8, 4) is 5.75 Å². The molecule has 1 N–H and O–H groups in total. The quantitative estimate of drug-likeness (QED) is 0.539. The standard InChI is InChI=1S/C26H35N3O5S/c1-19-9-13-23(14-10-19)29(35(4,32)33)18-25(30)28(17-21-11-15-24(34-3)16-12-21)20(2)26(31)27-22-7-5-6-8-22/h9-16,20,22H,5-8,17-18H2,1-4H3,(H,27,31)/t20-/m1/s1. The van der Waals surface area contributed by atoms with E-state index in [-0.39, 0.29) is 18.5 Å². The number of aryl methyl sites for hydroxylation is 1. The van der Waals surface area contributed by atoms with Crippen molar-refractivity contribution in [3.05, 3.63) is 59.7 Å². The van der Waals surface area contributed by atoms with E-state index < -0.39 is 28.5 Å². The lowest BCUT2D eigenvalue weighted by Gasteiger charge is -2.32. The molecule has 1 atom stereocenters. The van der Waals surface area contributed by atoms with Gasteiger partial charge in [-0.25, -0.2) is 8.42 Å². The van der Waals surface area contributed by atoms with Crippen molar-refractivity contribution in [2.45, 2.75) is 58.2 Å². The highest BCUT2D eigenvalue weighted by molar-refractivity contribution is 7.92. The number of rotatable bonds is 10. The Morgan fingerprint density at radius 1 is 1.06 bits per heavy atom. The van der Waals surface area contributed by atoms with Crippen LogP contribution in [-0.2, 0) is 26.2 Å². The molecule has 9 heteroatoms. The van der Waals surface area contributed by atoms with Gasteiger partial charge in [0, 0.05) is 12.6 Å².